The number of likely N-dealkylation sites (tertiary alicyclic amines) is 1. The highest BCUT2D eigenvalue weighted by Gasteiger charge is 2.44. The molecule has 0 spiro atoms. The molecule has 2 aromatic carbocycles. The summed E-state index contributed by atoms with van der Waals surface area (Å²) in [6.45, 7) is 3.16. The zero-order valence-electron chi connectivity index (χ0n) is 18.5. The summed E-state index contributed by atoms with van der Waals surface area (Å²) in [5.41, 5.74) is 2.19. The molecule has 6 heteroatoms. The first kappa shape index (κ1) is 22.1. The zero-order valence-corrected chi connectivity index (χ0v) is 18.5. The molecule has 1 N–H and O–H groups in total. The van der Waals surface area contributed by atoms with Gasteiger partial charge in [0.15, 0.2) is 0 Å². The van der Waals surface area contributed by atoms with E-state index in [2.05, 4.69) is 17.4 Å². The molecular weight excluding hydrogens is 404 g/mol. The van der Waals surface area contributed by atoms with Crippen LogP contribution in [0.15, 0.2) is 54.6 Å². The van der Waals surface area contributed by atoms with E-state index < -0.39 is 11.3 Å². The first-order valence-electron chi connectivity index (χ1n) is 11.4. The van der Waals surface area contributed by atoms with Crippen LogP contribution in [0.2, 0.25) is 0 Å². The average molecular weight is 435 g/mol. The molecule has 0 saturated carbocycles. The number of esters is 1. The summed E-state index contributed by atoms with van der Waals surface area (Å²) in [7, 11) is 0. The number of piperidine rings is 1. The van der Waals surface area contributed by atoms with Crippen LogP contribution in [0, 0.1) is 5.41 Å². The van der Waals surface area contributed by atoms with Crippen LogP contribution in [-0.4, -0.2) is 42.4 Å². The van der Waals surface area contributed by atoms with Crippen LogP contribution in [-0.2, 0) is 25.5 Å². The molecule has 1 unspecified atom stereocenters. The monoisotopic (exact) mass is 434 g/mol. The van der Waals surface area contributed by atoms with Gasteiger partial charge in [0.1, 0.15) is 0 Å². The van der Waals surface area contributed by atoms with Gasteiger partial charge in [0.25, 0.3) is 0 Å². The fourth-order valence-electron chi connectivity index (χ4n) is 4.88. The van der Waals surface area contributed by atoms with Crippen LogP contribution in [0.1, 0.15) is 49.7 Å². The lowest BCUT2D eigenvalue weighted by Crippen LogP contribution is -2.49. The third-order valence-corrected chi connectivity index (χ3v) is 6.77. The molecule has 2 heterocycles. The van der Waals surface area contributed by atoms with Crippen LogP contribution >= 0.6 is 0 Å². The van der Waals surface area contributed by atoms with Crippen molar-refractivity contribution in [1.82, 2.24) is 4.90 Å². The molecule has 1 saturated heterocycles. The number of benzene rings is 2. The molecule has 1 atom stereocenters. The van der Waals surface area contributed by atoms with Crippen molar-refractivity contribution in [3.05, 3.63) is 65.7 Å². The number of para-hydroxylation sites is 1. The first-order chi connectivity index (χ1) is 15.5. The van der Waals surface area contributed by atoms with Gasteiger partial charge in [0, 0.05) is 25.2 Å². The van der Waals surface area contributed by atoms with Crippen molar-refractivity contribution in [2.24, 2.45) is 5.41 Å². The van der Waals surface area contributed by atoms with Crippen molar-refractivity contribution >= 4 is 23.5 Å². The lowest BCUT2D eigenvalue weighted by Gasteiger charge is -2.41. The van der Waals surface area contributed by atoms with Crippen molar-refractivity contribution in [3.8, 4) is 0 Å². The standard InChI is InChI=1S/C26H30N2O4/c1-2-32-25(31)26(13-12-19-8-4-3-5-9-19)14-16-28(17-15-26)24(30)21-18-23(29)27-22-11-7-6-10-20(21)22/h3-11,21H,2,12-18H2,1H3,(H,27,29). The molecule has 2 aliphatic heterocycles. The third kappa shape index (κ3) is 4.54. The van der Waals surface area contributed by atoms with Gasteiger partial charge in [0.2, 0.25) is 11.8 Å². The van der Waals surface area contributed by atoms with Gasteiger partial charge < -0.3 is 15.0 Å². The average Bonchev–Trinajstić information content (AvgIpc) is 2.83. The summed E-state index contributed by atoms with van der Waals surface area (Å²) in [6.07, 6.45) is 2.80. The van der Waals surface area contributed by atoms with Crippen molar-refractivity contribution in [2.45, 2.75) is 44.9 Å². The molecule has 1 fully saturated rings. The Morgan fingerprint density at radius 1 is 1.06 bits per heavy atom. The second kappa shape index (κ2) is 9.55. The molecule has 2 aliphatic rings. The molecule has 2 aromatic rings. The van der Waals surface area contributed by atoms with Crippen LogP contribution in [0.25, 0.3) is 0 Å². The third-order valence-electron chi connectivity index (χ3n) is 6.77. The molecule has 0 aliphatic carbocycles. The molecule has 4 rings (SSSR count). The highest BCUT2D eigenvalue weighted by atomic mass is 16.5. The quantitative estimate of drug-likeness (QED) is 0.700. The number of carbonyl (C=O) groups is 3. The van der Waals surface area contributed by atoms with E-state index >= 15 is 0 Å². The van der Waals surface area contributed by atoms with E-state index in [1.165, 1.54) is 5.56 Å². The number of amides is 2. The number of ether oxygens (including phenoxy) is 1. The SMILES string of the molecule is CCOC(=O)C1(CCc2ccccc2)CCN(C(=O)C2CC(=O)Nc3ccccc32)CC1. The lowest BCUT2D eigenvalue weighted by atomic mass is 9.73. The summed E-state index contributed by atoms with van der Waals surface area (Å²) >= 11 is 0. The van der Waals surface area contributed by atoms with Crippen molar-refractivity contribution in [1.29, 1.82) is 0 Å². The number of carbonyl (C=O) groups excluding carboxylic acids is 3. The molecule has 168 valence electrons. The molecule has 2 amide bonds. The Morgan fingerprint density at radius 3 is 2.47 bits per heavy atom. The van der Waals surface area contributed by atoms with E-state index in [1.807, 2.05) is 54.3 Å². The molecule has 32 heavy (non-hydrogen) atoms. The van der Waals surface area contributed by atoms with E-state index in [0.29, 0.717) is 44.6 Å². The van der Waals surface area contributed by atoms with Crippen LogP contribution in [0.5, 0.6) is 0 Å². The topological polar surface area (TPSA) is 75.7 Å². The molecule has 6 nitrogen and oxygen atoms in total. The Hall–Kier alpha value is -3.15. The van der Waals surface area contributed by atoms with Gasteiger partial charge in [-0.15, -0.1) is 0 Å². The number of rotatable bonds is 6. The molecule has 0 bridgehead atoms. The van der Waals surface area contributed by atoms with Gasteiger partial charge in [-0.05, 0) is 49.8 Å². The van der Waals surface area contributed by atoms with Gasteiger partial charge in [-0.3, -0.25) is 14.4 Å². The molecular formula is C26H30N2O4. The Balaban J connectivity index is 1.47. The second-order valence-corrected chi connectivity index (χ2v) is 8.70. The van der Waals surface area contributed by atoms with Crippen molar-refractivity contribution in [3.63, 3.8) is 0 Å². The van der Waals surface area contributed by atoms with Crippen LogP contribution in [0.4, 0.5) is 5.69 Å². The number of aryl methyl sites for hydroxylation is 1. The minimum atomic E-state index is -0.579. The van der Waals surface area contributed by atoms with Gasteiger partial charge in [-0.25, -0.2) is 0 Å². The predicted molar refractivity (Wildman–Crippen MR) is 122 cm³/mol. The number of nitrogens with zero attached hydrogens (tertiary/aromatic N) is 1. The Morgan fingerprint density at radius 2 is 1.75 bits per heavy atom. The van der Waals surface area contributed by atoms with E-state index in [-0.39, 0.29) is 24.2 Å². The number of hydrogen-bond acceptors (Lipinski definition) is 4. The highest BCUT2D eigenvalue weighted by Crippen LogP contribution is 2.40. The summed E-state index contributed by atoms with van der Waals surface area (Å²) in [5.74, 6) is -0.805. The second-order valence-electron chi connectivity index (χ2n) is 8.70. The Labute approximate surface area is 188 Å². The van der Waals surface area contributed by atoms with Gasteiger partial charge >= 0.3 is 5.97 Å². The predicted octanol–water partition coefficient (Wildman–Crippen LogP) is 3.92. The van der Waals surface area contributed by atoms with Gasteiger partial charge in [-0.1, -0.05) is 48.5 Å². The van der Waals surface area contributed by atoms with Crippen LogP contribution < -0.4 is 5.32 Å². The smallest absolute Gasteiger partial charge is 0.312 e. The lowest BCUT2D eigenvalue weighted by molar-refractivity contribution is -0.161. The van der Waals surface area contributed by atoms with Crippen molar-refractivity contribution in [2.75, 3.05) is 25.0 Å². The fourth-order valence-corrected chi connectivity index (χ4v) is 4.88. The fraction of sp³-hybridized carbons (Fsp3) is 0.423. The van der Waals surface area contributed by atoms with Gasteiger partial charge in [0.05, 0.1) is 17.9 Å². The maximum atomic E-state index is 13.4. The summed E-state index contributed by atoms with van der Waals surface area (Å²) in [6, 6.07) is 17.6. The summed E-state index contributed by atoms with van der Waals surface area (Å²) in [5, 5.41) is 2.85. The Bertz CT molecular complexity index is 980. The van der Waals surface area contributed by atoms with Crippen LogP contribution in [0.3, 0.4) is 0 Å². The summed E-state index contributed by atoms with van der Waals surface area (Å²) < 4.78 is 5.45. The van der Waals surface area contributed by atoms with Gasteiger partial charge in [-0.2, -0.15) is 0 Å². The molecule has 0 aromatic heterocycles. The maximum absolute atomic E-state index is 13.4. The maximum Gasteiger partial charge on any atom is 0.312 e. The van der Waals surface area contributed by atoms with E-state index in [9.17, 15) is 14.4 Å². The van der Waals surface area contributed by atoms with Crippen molar-refractivity contribution < 1.29 is 19.1 Å². The minimum absolute atomic E-state index is 0.0344. The first-order valence-corrected chi connectivity index (χ1v) is 11.4. The highest BCUT2D eigenvalue weighted by molar-refractivity contribution is 6.01. The Kier molecular flexibility index (Phi) is 6.58. The number of fused-ring (bicyclic) bond motifs is 1. The number of hydrogen-bond donors (Lipinski definition) is 1. The van der Waals surface area contributed by atoms with E-state index in [0.717, 1.165) is 12.0 Å². The van der Waals surface area contributed by atoms with E-state index in [4.69, 9.17) is 4.74 Å². The number of anilines is 1. The number of nitrogens with one attached hydrogen (secondary N) is 1. The largest absolute Gasteiger partial charge is 0.466 e. The normalized spacial score (nSPS) is 19.6. The molecule has 0 radical (unpaired) electrons. The van der Waals surface area contributed by atoms with E-state index in [1.54, 1.807) is 0 Å². The zero-order chi connectivity index (χ0) is 22.6. The summed E-state index contributed by atoms with van der Waals surface area (Å²) in [4.78, 5) is 40.3. The minimum Gasteiger partial charge on any atom is -0.466 e.